The highest BCUT2D eigenvalue weighted by Crippen LogP contribution is 2.30. The molecule has 0 amide bonds. The van der Waals surface area contributed by atoms with Gasteiger partial charge in [0.15, 0.2) is 5.69 Å². The van der Waals surface area contributed by atoms with Crippen LogP contribution in [0.25, 0.3) is 23.0 Å². The molecule has 0 aliphatic carbocycles. The van der Waals surface area contributed by atoms with Crippen LogP contribution in [0.15, 0.2) is 64.5 Å². The number of aryl methyl sites for hydroxylation is 1. The molecule has 1 N–H and O–H groups in total. The van der Waals surface area contributed by atoms with E-state index in [0.717, 1.165) is 23.6 Å². The second-order valence-corrected chi connectivity index (χ2v) is 10.6. The molecule has 0 saturated heterocycles. The van der Waals surface area contributed by atoms with Gasteiger partial charge in [0.05, 0.1) is 12.1 Å². The quantitative estimate of drug-likeness (QED) is 0.308. The summed E-state index contributed by atoms with van der Waals surface area (Å²) in [6.07, 6.45) is -2.92. The fourth-order valence-electron chi connectivity index (χ4n) is 4.79. The molecule has 1 aromatic carbocycles. The second-order valence-electron chi connectivity index (χ2n) is 10.6. The number of ether oxygens (including phenoxy) is 1. The minimum Gasteiger partial charge on any atom is -0.406 e. The van der Waals surface area contributed by atoms with E-state index in [1.807, 2.05) is 50.1 Å². The van der Waals surface area contributed by atoms with Gasteiger partial charge in [-0.3, -0.25) is 4.68 Å². The minimum atomic E-state index is -4.76. The normalized spacial score (nSPS) is 15.1. The van der Waals surface area contributed by atoms with Crippen LogP contribution in [-0.2, 0) is 6.54 Å². The van der Waals surface area contributed by atoms with Crippen LogP contribution in [0, 0.1) is 6.92 Å². The van der Waals surface area contributed by atoms with E-state index in [-0.39, 0.29) is 23.0 Å². The predicted molar refractivity (Wildman–Crippen MR) is 147 cm³/mol. The Bertz CT molecular complexity index is 1560. The molecule has 1 aliphatic heterocycles. The van der Waals surface area contributed by atoms with Crippen LogP contribution < -0.4 is 15.1 Å². The number of aromatic nitrogens is 5. The van der Waals surface area contributed by atoms with E-state index in [4.69, 9.17) is 4.52 Å². The largest absolute Gasteiger partial charge is 0.573 e. The number of allylic oxidation sites excluding steroid dienone is 1. The number of halogens is 3. The van der Waals surface area contributed by atoms with Crippen molar-refractivity contribution in [1.29, 1.82) is 0 Å². The number of hydrazine groups is 1. The number of hydrogen-bond donors (Lipinski definition) is 1. The molecule has 0 radical (unpaired) electrons. The molecule has 10 nitrogen and oxygen atoms in total. The maximum atomic E-state index is 12.4. The van der Waals surface area contributed by atoms with Gasteiger partial charge >= 0.3 is 6.36 Å². The molecule has 0 unspecified atom stereocenters. The van der Waals surface area contributed by atoms with E-state index in [9.17, 15) is 13.2 Å². The first kappa shape index (κ1) is 28.1. The van der Waals surface area contributed by atoms with Crippen molar-refractivity contribution in [1.82, 2.24) is 35.3 Å². The summed E-state index contributed by atoms with van der Waals surface area (Å²) in [6, 6.07) is 11.1. The predicted octanol–water partition coefficient (Wildman–Crippen LogP) is 5.19. The average molecular weight is 569 g/mol. The summed E-state index contributed by atoms with van der Waals surface area (Å²) in [6.45, 7) is 9.63. The molecule has 0 bridgehead atoms. The van der Waals surface area contributed by atoms with Gasteiger partial charge in [0.2, 0.25) is 5.82 Å². The van der Waals surface area contributed by atoms with Gasteiger partial charge in [-0.25, -0.2) is 10.4 Å². The maximum Gasteiger partial charge on any atom is 0.573 e. The fraction of sp³-hybridized carbons (Fsp3) is 0.357. The van der Waals surface area contributed by atoms with E-state index in [2.05, 4.69) is 61.1 Å². The summed E-state index contributed by atoms with van der Waals surface area (Å²) in [5.74, 6) is 0.966. The van der Waals surface area contributed by atoms with Crippen LogP contribution in [0.4, 0.5) is 19.0 Å². The van der Waals surface area contributed by atoms with Crippen molar-refractivity contribution in [2.45, 2.75) is 46.1 Å². The molecule has 3 aromatic heterocycles. The number of nitrogens with zero attached hydrogens (tertiary/aromatic N) is 7. The van der Waals surface area contributed by atoms with Gasteiger partial charge in [-0.1, -0.05) is 11.2 Å². The van der Waals surface area contributed by atoms with Crippen LogP contribution in [0.3, 0.4) is 0 Å². The lowest BCUT2D eigenvalue weighted by molar-refractivity contribution is -0.274. The first-order chi connectivity index (χ1) is 19.3. The van der Waals surface area contributed by atoms with Crippen molar-refractivity contribution < 1.29 is 22.4 Å². The molecule has 41 heavy (non-hydrogen) atoms. The van der Waals surface area contributed by atoms with Crippen molar-refractivity contribution in [2.24, 2.45) is 0 Å². The molecule has 13 heteroatoms. The molecular formula is C28H31F3N8O2. The molecule has 0 fully saturated rings. The van der Waals surface area contributed by atoms with Crippen LogP contribution in [0.5, 0.6) is 5.75 Å². The van der Waals surface area contributed by atoms with Gasteiger partial charge in [-0.05, 0) is 75.2 Å². The third-order valence-electron chi connectivity index (χ3n) is 7.04. The highest BCUT2D eigenvalue weighted by molar-refractivity contribution is 5.59. The Balaban J connectivity index is 1.25. The molecule has 4 aromatic rings. The number of anilines is 1. The Kier molecular flexibility index (Phi) is 7.24. The lowest BCUT2D eigenvalue weighted by atomic mass is 9.94. The first-order valence-electron chi connectivity index (χ1n) is 12.9. The lowest BCUT2D eigenvalue weighted by Gasteiger charge is -2.27. The third-order valence-corrected chi connectivity index (χ3v) is 7.04. The smallest absolute Gasteiger partial charge is 0.406 e. The Morgan fingerprint density at radius 3 is 2.44 bits per heavy atom. The lowest BCUT2D eigenvalue weighted by Crippen LogP contribution is -2.43. The Morgan fingerprint density at radius 2 is 1.83 bits per heavy atom. The number of benzene rings is 1. The molecule has 216 valence electrons. The van der Waals surface area contributed by atoms with Crippen molar-refractivity contribution in [3.8, 4) is 28.7 Å². The first-order valence-corrected chi connectivity index (χ1v) is 12.9. The summed E-state index contributed by atoms with van der Waals surface area (Å²) in [5.41, 5.74) is 8.70. The topological polar surface area (TPSA) is 97.4 Å². The van der Waals surface area contributed by atoms with Crippen molar-refractivity contribution in [2.75, 3.05) is 25.5 Å². The van der Waals surface area contributed by atoms with Crippen LogP contribution in [0.1, 0.15) is 32.0 Å². The third kappa shape index (κ3) is 6.19. The van der Waals surface area contributed by atoms with Gasteiger partial charge in [0, 0.05) is 43.8 Å². The number of alkyl halides is 3. The van der Waals surface area contributed by atoms with E-state index >= 15 is 0 Å². The number of pyridine rings is 1. The van der Waals surface area contributed by atoms with E-state index in [1.165, 1.54) is 35.5 Å². The molecule has 0 saturated carbocycles. The van der Waals surface area contributed by atoms with E-state index in [0.29, 0.717) is 17.8 Å². The zero-order valence-electron chi connectivity index (χ0n) is 23.6. The molecule has 0 spiro atoms. The SMILES string of the molecule is CC1=C(CN(C)c2ccc(Cn3nc(-c4nc(-c5ccc(OC(F)(F)F)cc5)no4)cc3C)cn2)C(C)(C)NN1C. The highest BCUT2D eigenvalue weighted by Gasteiger charge is 2.34. The minimum absolute atomic E-state index is 0.127. The second kappa shape index (κ2) is 10.5. The molecule has 0 atom stereocenters. The van der Waals surface area contributed by atoms with Crippen molar-refractivity contribution in [3.63, 3.8) is 0 Å². The van der Waals surface area contributed by atoms with Crippen molar-refractivity contribution in [3.05, 3.63) is 71.2 Å². The Labute approximate surface area is 235 Å². The molecule has 4 heterocycles. The maximum absolute atomic E-state index is 12.4. The summed E-state index contributed by atoms with van der Waals surface area (Å²) < 4.78 is 48.3. The fourth-order valence-corrected chi connectivity index (χ4v) is 4.79. The molecule has 1 aliphatic rings. The van der Waals surface area contributed by atoms with Gasteiger partial charge in [0.25, 0.3) is 5.89 Å². The van der Waals surface area contributed by atoms with Crippen LogP contribution in [0.2, 0.25) is 0 Å². The van der Waals surface area contributed by atoms with Crippen molar-refractivity contribution >= 4 is 5.82 Å². The van der Waals surface area contributed by atoms with Gasteiger partial charge in [-0.15, -0.1) is 13.2 Å². The Hall–Kier alpha value is -4.39. The van der Waals surface area contributed by atoms with E-state index < -0.39 is 6.36 Å². The zero-order chi connectivity index (χ0) is 29.5. The number of nitrogens with one attached hydrogen (secondary N) is 1. The van der Waals surface area contributed by atoms with Crippen LogP contribution in [-0.4, -0.2) is 62.5 Å². The average Bonchev–Trinajstić information content (AvgIpc) is 3.58. The summed E-state index contributed by atoms with van der Waals surface area (Å²) in [5, 5.41) is 10.6. The van der Waals surface area contributed by atoms with E-state index in [1.54, 1.807) is 0 Å². The highest BCUT2D eigenvalue weighted by atomic mass is 19.4. The summed E-state index contributed by atoms with van der Waals surface area (Å²) in [7, 11) is 4.06. The van der Waals surface area contributed by atoms with Gasteiger partial charge < -0.3 is 19.2 Å². The molecular weight excluding hydrogens is 537 g/mol. The summed E-state index contributed by atoms with van der Waals surface area (Å²) in [4.78, 5) is 11.2. The number of rotatable bonds is 8. The number of likely N-dealkylation sites (N-methyl/N-ethyl adjacent to an activating group) is 1. The standard InChI is InChI=1S/C28H31F3N8O2/c1-17-13-23(26-33-25(35-41-26)20-8-10-21(11-9-20)40-28(29,30)31)34-39(17)15-19-7-12-24(32-14-19)37(5)16-22-18(2)38(6)36-27(22,3)4/h7-14,36H,15-16H2,1-6H3. The van der Waals surface area contributed by atoms with Gasteiger partial charge in [-0.2, -0.15) is 10.1 Å². The number of hydrogen-bond acceptors (Lipinski definition) is 9. The Morgan fingerprint density at radius 1 is 1.10 bits per heavy atom. The summed E-state index contributed by atoms with van der Waals surface area (Å²) >= 11 is 0. The van der Waals surface area contributed by atoms with Crippen LogP contribution >= 0.6 is 0 Å². The monoisotopic (exact) mass is 568 g/mol. The zero-order valence-corrected chi connectivity index (χ0v) is 23.6. The molecule has 5 rings (SSSR count). The van der Waals surface area contributed by atoms with Gasteiger partial charge in [0.1, 0.15) is 11.6 Å².